The Morgan fingerprint density at radius 3 is 2.70 bits per heavy atom. The topological polar surface area (TPSA) is 72.6 Å². The molecule has 0 bridgehead atoms. The molecule has 1 saturated heterocycles. The maximum atomic E-state index is 12.0. The fourth-order valence-corrected chi connectivity index (χ4v) is 2.33. The van der Waals surface area contributed by atoms with Gasteiger partial charge in [-0.25, -0.2) is 0 Å². The Morgan fingerprint density at radius 1 is 1.35 bits per heavy atom. The minimum atomic E-state index is -0.346. The SMILES string of the molecule is NC(=O)C1CCCN(C(=O)COc2ccc(Cl)cc2)C1. The Bertz CT molecular complexity index is 490. The Balaban J connectivity index is 1.85. The molecule has 6 heteroatoms. The number of carbonyl (C=O) groups is 2. The lowest BCUT2D eigenvalue weighted by Gasteiger charge is -2.31. The van der Waals surface area contributed by atoms with E-state index in [1.54, 1.807) is 29.2 Å². The van der Waals surface area contributed by atoms with Gasteiger partial charge in [-0.05, 0) is 37.1 Å². The van der Waals surface area contributed by atoms with Gasteiger partial charge in [0.25, 0.3) is 5.91 Å². The molecule has 0 spiro atoms. The number of likely N-dealkylation sites (tertiary alicyclic amines) is 1. The molecule has 1 heterocycles. The van der Waals surface area contributed by atoms with Crippen molar-refractivity contribution in [1.29, 1.82) is 0 Å². The highest BCUT2D eigenvalue weighted by Crippen LogP contribution is 2.18. The average molecular weight is 297 g/mol. The zero-order chi connectivity index (χ0) is 14.5. The molecule has 2 N–H and O–H groups in total. The van der Waals surface area contributed by atoms with E-state index >= 15 is 0 Å². The summed E-state index contributed by atoms with van der Waals surface area (Å²) >= 11 is 5.77. The summed E-state index contributed by atoms with van der Waals surface area (Å²) in [5.41, 5.74) is 5.29. The van der Waals surface area contributed by atoms with Gasteiger partial charge in [-0.2, -0.15) is 0 Å². The first-order valence-electron chi connectivity index (χ1n) is 6.51. The van der Waals surface area contributed by atoms with Crippen LogP contribution in [0.1, 0.15) is 12.8 Å². The molecule has 2 amide bonds. The van der Waals surface area contributed by atoms with Crippen molar-refractivity contribution in [2.75, 3.05) is 19.7 Å². The second-order valence-electron chi connectivity index (χ2n) is 4.82. The van der Waals surface area contributed by atoms with E-state index in [0.717, 1.165) is 12.8 Å². The van der Waals surface area contributed by atoms with Crippen LogP contribution in [0, 0.1) is 5.92 Å². The Hall–Kier alpha value is -1.75. The van der Waals surface area contributed by atoms with Gasteiger partial charge in [-0.1, -0.05) is 11.6 Å². The fraction of sp³-hybridized carbons (Fsp3) is 0.429. The zero-order valence-electron chi connectivity index (χ0n) is 11.0. The number of nitrogens with two attached hydrogens (primary N) is 1. The molecule has 1 aromatic rings. The van der Waals surface area contributed by atoms with Crippen molar-refractivity contribution in [1.82, 2.24) is 4.90 Å². The van der Waals surface area contributed by atoms with E-state index in [1.165, 1.54) is 0 Å². The van der Waals surface area contributed by atoms with Gasteiger partial charge in [-0.3, -0.25) is 9.59 Å². The highest BCUT2D eigenvalue weighted by molar-refractivity contribution is 6.30. The lowest BCUT2D eigenvalue weighted by atomic mass is 9.97. The normalized spacial score (nSPS) is 18.6. The molecule has 0 aromatic heterocycles. The van der Waals surface area contributed by atoms with Crippen LogP contribution in [0.25, 0.3) is 0 Å². The van der Waals surface area contributed by atoms with Crippen LogP contribution in [0.5, 0.6) is 5.75 Å². The van der Waals surface area contributed by atoms with Gasteiger partial charge in [-0.15, -0.1) is 0 Å². The number of piperidine rings is 1. The summed E-state index contributed by atoms with van der Waals surface area (Å²) < 4.78 is 5.41. The predicted molar refractivity (Wildman–Crippen MR) is 75.4 cm³/mol. The number of rotatable bonds is 4. The van der Waals surface area contributed by atoms with Gasteiger partial charge in [0, 0.05) is 18.1 Å². The van der Waals surface area contributed by atoms with Crippen LogP contribution < -0.4 is 10.5 Å². The second kappa shape index (κ2) is 6.61. The summed E-state index contributed by atoms with van der Waals surface area (Å²) in [4.78, 5) is 24.8. The maximum absolute atomic E-state index is 12.0. The van der Waals surface area contributed by atoms with Crippen LogP contribution in [-0.4, -0.2) is 36.4 Å². The van der Waals surface area contributed by atoms with Crippen molar-refractivity contribution >= 4 is 23.4 Å². The van der Waals surface area contributed by atoms with Crippen molar-refractivity contribution < 1.29 is 14.3 Å². The predicted octanol–water partition coefficient (Wildman–Crippen LogP) is 1.44. The molecule has 2 rings (SSSR count). The van der Waals surface area contributed by atoms with E-state index in [9.17, 15) is 9.59 Å². The number of hydrogen-bond acceptors (Lipinski definition) is 3. The summed E-state index contributed by atoms with van der Waals surface area (Å²) in [7, 11) is 0. The molecule has 0 aliphatic carbocycles. The van der Waals surface area contributed by atoms with Gasteiger partial charge < -0.3 is 15.4 Å². The van der Waals surface area contributed by atoms with E-state index in [-0.39, 0.29) is 24.3 Å². The molecule has 20 heavy (non-hydrogen) atoms. The first-order valence-corrected chi connectivity index (χ1v) is 6.89. The molecular formula is C14H17ClN2O3. The van der Waals surface area contributed by atoms with Crippen LogP contribution in [0.15, 0.2) is 24.3 Å². The van der Waals surface area contributed by atoms with Crippen molar-refractivity contribution in [3.05, 3.63) is 29.3 Å². The summed E-state index contributed by atoms with van der Waals surface area (Å²) in [6, 6.07) is 6.81. The minimum Gasteiger partial charge on any atom is -0.484 e. The van der Waals surface area contributed by atoms with Gasteiger partial charge in [0.2, 0.25) is 5.91 Å². The van der Waals surface area contributed by atoms with E-state index in [0.29, 0.717) is 23.9 Å². The minimum absolute atomic E-state index is 0.0485. The number of carbonyl (C=O) groups excluding carboxylic acids is 2. The highest BCUT2D eigenvalue weighted by Gasteiger charge is 2.26. The smallest absolute Gasteiger partial charge is 0.260 e. The molecule has 108 valence electrons. The third-order valence-electron chi connectivity index (χ3n) is 3.35. The standard InChI is InChI=1S/C14H17ClN2O3/c15-11-3-5-12(6-4-11)20-9-13(18)17-7-1-2-10(8-17)14(16)19/h3-6,10H,1-2,7-9H2,(H2,16,19). The number of hydrogen-bond donors (Lipinski definition) is 1. The molecule has 5 nitrogen and oxygen atoms in total. The second-order valence-corrected chi connectivity index (χ2v) is 5.26. The van der Waals surface area contributed by atoms with E-state index in [1.807, 2.05) is 0 Å². The Morgan fingerprint density at radius 2 is 2.05 bits per heavy atom. The monoisotopic (exact) mass is 296 g/mol. The van der Waals surface area contributed by atoms with Gasteiger partial charge in [0.15, 0.2) is 6.61 Å². The van der Waals surface area contributed by atoms with Gasteiger partial charge >= 0.3 is 0 Å². The summed E-state index contributed by atoms with van der Waals surface area (Å²) in [6.45, 7) is 0.984. The third-order valence-corrected chi connectivity index (χ3v) is 3.60. The molecular weight excluding hydrogens is 280 g/mol. The van der Waals surface area contributed by atoms with Crippen LogP contribution >= 0.6 is 11.6 Å². The summed E-state index contributed by atoms with van der Waals surface area (Å²) in [5, 5.41) is 0.615. The number of nitrogens with zero attached hydrogens (tertiary/aromatic N) is 1. The summed E-state index contributed by atoms with van der Waals surface area (Å²) in [6.07, 6.45) is 1.54. The Labute approximate surface area is 122 Å². The molecule has 1 fully saturated rings. The molecule has 1 unspecified atom stereocenters. The van der Waals surface area contributed by atoms with Crippen molar-refractivity contribution in [3.8, 4) is 5.75 Å². The highest BCUT2D eigenvalue weighted by atomic mass is 35.5. The Kier molecular flexibility index (Phi) is 4.84. The molecule has 1 atom stereocenters. The van der Waals surface area contributed by atoms with Crippen molar-refractivity contribution in [2.24, 2.45) is 11.7 Å². The fourth-order valence-electron chi connectivity index (χ4n) is 2.20. The van der Waals surface area contributed by atoms with E-state index < -0.39 is 0 Å². The third kappa shape index (κ3) is 3.87. The molecule has 0 saturated carbocycles. The van der Waals surface area contributed by atoms with Crippen molar-refractivity contribution in [3.63, 3.8) is 0 Å². The van der Waals surface area contributed by atoms with Crippen LogP contribution in [0.4, 0.5) is 0 Å². The first-order chi connectivity index (χ1) is 9.56. The van der Waals surface area contributed by atoms with E-state index in [2.05, 4.69) is 0 Å². The van der Waals surface area contributed by atoms with Crippen LogP contribution in [0.2, 0.25) is 5.02 Å². The maximum Gasteiger partial charge on any atom is 0.260 e. The average Bonchev–Trinajstić information content (AvgIpc) is 2.46. The molecule has 1 aliphatic heterocycles. The molecule has 0 radical (unpaired) electrons. The van der Waals surface area contributed by atoms with Crippen LogP contribution in [0.3, 0.4) is 0 Å². The van der Waals surface area contributed by atoms with Gasteiger partial charge in [0.1, 0.15) is 5.75 Å². The molecule has 1 aromatic carbocycles. The number of halogens is 1. The van der Waals surface area contributed by atoms with Crippen molar-refractivity contribution in [2.45, 2.75) is 12.8 Å². The zero-order valence-corrected chi connectivity index (χ0v) is 11.8. The lowest BCUT2D eigenvalue weighted by Crippen LogP contribution is -2.45. The van der Waals surface area contributed by atoms with Crippen LogP contribution in [-0.2, 0) is 9.59 Å². The summed E-state index contributed by atoms with van der Waals surface area (Å²) in [5.74, 6) is -0.138. The van der Waals surface area contributed by atoms with E-state index in [4.69, 9.17) is 22.1 Å². The lowest BCUT2D eigenvalue weighted by molar-refractivity contribution is -0.136. The van der Waals surface area contributed by atoms with Gasteiger partial charge in [0.05, 0.1) is 5.92 Å². The number of ether oxygens (including phenoxy) is 1. The number of amides is 2. The largest absolute Gasteiger partial charge is 0.484 e. The quantitative estimate of drug-likeness (QED) is 0.914. The molecule has 1 aliphatic rings. The number of benzene rings is 1. The number of primary amides is 1. The first kappa shape index (κ1) is 14.7.